The number of fused-ring (bicyclic) bond motifs is 1. The standard InChI is InChI=1S/C77H117N13O13S/c1-104-46-37-65(77(100)101)82-68(91)50-83(41-20-17-38-78)73(96)56-89(63-29-13-5-14-30-63)76(99)57-90(64-31-15-6-16-32-64)75(98)54-85(43-22-19-40-80)71(94)52-86(44-35-59-23-7-2-8-24-59)72(95)51-84(42-21-18-39-79)70(93)53-87(45-36-60-25-9-3-10-26-60)74(97)55-88(62-27-11-4-12-28-62)69(92)49-81-48-61-33-34-66-67(47-61)103-58-102-66/h2-3,7-10,23-26,33-34,47,62-65,81H,4-6,11-22,27-32,35-46,48-58,78-80H2,1H3,(H,82,91)(H,100,101). The van der Waals surface area contributed by atoms with Gasteiger partial charge in [-0.3, -0.25) is 43.2 Å². The highest BCUT2D eigenvalue weighted by Gasteiger charge is 2.37. The fourth-order valence-electron chi connectivity index (χ4n) is 14.2. The number of benzene rings is 3. The normalized spacial score (nSPS) is 14.9. The van der Waals surface area contributed by atoms with Crippen molar-refractivity contribution in [3.8, 4) is 11.5 Å². The van der Waals surface area contributed by atoms with Gasteiger partial charge in [0.1, 0.15) is 25.7 Å². The first-order valence-electron chi connectivity index (χ1n) is 38.0. The predicted octanol–water partition coefficient (Wildman–Crippen LogP) is 5.16. The average molecular weight is 1460 g/mol. The van der Waals surface area contributed by atoms with Crippen molar-refractivity contribution in [2.45, 2.75) is 185 Å². The van der Waals surface area contributed by atoms with Gasteiger partial charge in [-0.2, -0.15) is 11.8 Å². The van der Waals surface area contributed by atoms with Crippen LogP contribution in [0.3, 0.4) is 0 Å². The van der Waals surface area contributed by atoms with Crippen LogP contribution >= 0.6 is 11.8 Å². The van der Waals surface area contributed by atoms with Crippen molar-refractivity contribution >= 4 is 70.9 Å². The highest BCUT2D eigenvalue weighted by Crippen LogP contribution is 2.33. The van der Waals surface area contributed by atoms with Crippen molar-refractivity contribution in [3.63, 3.8) is 0 Å². The van der Waals surface area contributed by atoms with Gasteiger partial charge in [0, 0.05) is 57.4 Å². The number of hydrogen-bond acceptors (Lipinski definition) is 17. The van der Waals surface area contributed by atoms with E-state index in [9.17, 15) is 24.3 Å². The van der Waals surface area contributed by atoms with Gasteiger partial charge in [-0.1, -0.05) is 125 Å². The molecule has 1 unspecified atom stereocenters. The van der Waals surface area contributed by atoms with E-state index in [-0.39, 0.29) is 96.1 Å². The summed E-state index contributed by atoms with van der Waals surface area (Å²) in [7, 11) is 0. The molecule has 0 aromatic heterocycles. The van der Waals surface area contributed by atoms with Crippen molar-refractivity contribution in [1.29, 1.82) is 0 Å². The topological polar surface area (TPSA) is 337 Å². The first-order valence-corrected chi connectivity index (χ1v) is 39.4. The third-order valence-corrected chi connectivity index (χ3v) is 20.9. The zero-order chi connectivity index (χ0) is 74.4. The molecule has 1 aliphatic heterocycles. The number of nitrogens with two attached hydrogens (primary N) is 3. The lowest BCUT2D eigenvalue weighted by Crippen LogP contribution is -2.56. The maximum absolute atomic E-state index is 15.3. The lowest BCUT2D eigenvalue weighted by atomic mass is 9.93. The quantitative estimate of drug-likeness (QED) is 0.0398. The summed E-state index contributed by atoms with van der Waals surface area (Å²) < 4.78 is 11.1. The molecule has 4 aliphatic rings. The lowest BCUT2D eigenvalue weighted by molar-refractivity contribution is -0.151. The fourth-order valence-corrected chi connectivity index (χ4v) is 14.7. The molecule has 9 N–H and O–H groups in total. The minimum absolute atomic E-state index is 0.0325. The first kappa shape index (κ1) is 83.4. The zero-order valence-electron chi connectivity index (χ0n) is 61.5. The summed E-state index contributed by atoms with van der Waals surface area (Å²) >= 11 is 1.45. The van der Waals surface area contributed by atoms with E-state index in [1.165, 1.54) is 36.3 Å². The number of nitrogens with one attached hydrogen (secondary N) is 2. The number of ether oxygens (including phenoxy) is 2. The molecule has 7 rings (SSSR count). The van der Waals surface area contributed by atoms with E-state index in [4.69, 9.17) is 26.7 Å². The number of carbonyl (C=O) groups is 10. The minimum Gasteiger partial charge on any atom is -0.480 e. The molecular weight excluding hydrogens is 1350 g/mol. The van der Waals surface area contributed by atoms with E-state index < -0.39 is 92.0 Å². The van der Waals surface area contributed by atoms with Crippen LogP contribution in [0.2, 0.25) is 0 Å². The SMILES string of the molecule is CSCCC(NC(=O)CN(CCCCN)C(=O)CN(C(=O)CN(C(=O)CN(CCCCN)C(=O)CN(CCc1ccccc1)C(=O)CN(CCCCN)C(=O)CN(CCc1ccccc1)C(=O)CN(C(=O)CNCc1ccc2c(c1)OCO2)C1CCCCC1)C1CCCCC1)C1CCCCC1)C(=O)O. The predicted molar refractivity (Wildman–Crippen MR) is 401 cm³/mol. The number of carbonyl (C=O) groups excluding carboxylic acids is 9. The molecule has 3 aromatic rings. The van der Waals surface area contributed by atoms with Crippen molar-refractivity contribution in [2.75, 3.05) is 130 Å². The Morgan fingerprint density at radius 1 is 0.452 bits per heavy atom. The Kier molecular flexibility index (Phi) is 37.0. The van der Waals surface area contributed by atoms with Gasteiger partial charge in [0.25, 0.3) is 0 Å². The zero-order valence-corrected chi connectivity index (χ0v) is 62.3. The number of carboxylic acid groups (broad SMARTS) is 1. The Balaban J connectivity index is 1.11. The lowest BCUT2D eigenvalue weighted by Gasteiger charge is -2.39. The summed E-state index contributed by atoms with van der Waals surface area (Å²) in [5.74, 6) is -3.66. The van der Waals surface area contributed by atoms with Crippen LogP contribution in [0.15, 0.2) is 78.9 Å². The van der Waals surface area contributed by atoms with Gasteiger partial charge in [0.2, 0.25) is 60.0 Å². The second-order valence-electron chi connectivity index (χ2n) is 28.0. The van der Waals surface area contributed by atoms with Crippen molar-refractivity contribution < 1.29 is 62.5 Å². The van der Waals surface area contributed by atoms with Gasteiger partial charge in [-0.25, -0.2) is 4.79 Å². The van der Waals surface area contributed by atoms with E-state index in [1.807, 2.05) is 85.1 Å². The molecule has 0 spiro atoms. The minimum atomic E-state index is -1.18. The van der Waals surface area contributed by atoms with Gasteiger partial charge in [-0.05, 0) is 157 Å². The largest absolute Gasteiger partial charge is 0.480 e. The van der Waals surface area contributed by atoms with Crippen molar-refractivity contribution in [3.05, 3.63) is 95.6 Å². The summed E-state index contributed by atoms with van der Waals surface area (Å²) in [6.45, 7) is -1.11. The third-order valence-electron chi connectivity index (χ3n) is 20.3. The maximum atomic E-state index is 15.3. The Morgan fingerprint density at radius 3 is 1.27 bits per heavy atom. The summed E-state index contributed by atoms with van der Waals surface area (Å²) in [5, 5.41) is 15.7. The number of aliphatic carboxylic acids is 1. The Hall–Kier alpha value is -7.85. The van der Waals surface area contributed by atoms with Gasteiger partial charge in [0.15, 0.2) is 11.5 Å². The number of carboxylic acids is 1. The molecular formula is C77H117N13O13S. The number of amides is 9. The van der Waals surface area contributed by atoms with Crippen LogP contribution in [0.5, 0.6) is 11.5 Å². The molecule has 1 heterocycles. The van der Waals surface area contributed by atoms with Gasteiger partial charge in [0.05, 0.1) is 39.3 Å². The van der Waals surface area contributed by atoms with E-state index in [2.05, 4.69) is 10.6 Å². The maximum Gasteiger partial charge on any atom is 0.326 e. The summed E-state index contributed by atoms with van der Waals surface area (Å²) in [6.07, 6.45) is 17.7. The van der Waals surface area contributed by atoms with Crippen LogP contribution in [-0.2, 0) is 67.3 Å². The van der Waals surface area contributed by atoms with Gasteiger partial charge < -0.3 is 81.6 Å². The van der Waals surface area contributed by atoms with Crippen molar-refractivity contribution in [1.82, 2.24) is 49.8 Å². The summed E-state index contributed by atoms with van der Waals surface area (Å²) in [5.41, 5.74) is 20.6. The smallest absolute Gasteiger partial charge is 0.326 e. The highest BCUT2D eigenvalue weighted by atomic mass is 32.2. The molecule has 3 aromatic carbocycles. The Bertz CT molecular complexity index is 3170. The fraction of sp³-hybridized carbons (Fsp3) is 0.636. The highest BCUT2D eigenvalue weighted by molar-refractivity contribution is 7.98. The first-order chi connectivity index (χ1) is 50.5. The van der Waals surface area contributed by atoms with Gasteiger partial charge >= 0.3 is 5.97 Å². The average Bonchev–Trinajstić information content (AvgIpc) is 1.38. The molecule has 104 heavy (non-hydrogen) atoms. The van der Waals surface area contributed by atoms with Crippen LogP contribution < -0.4 is 37.3 Å². The van der Waals surface area contributed by atoms with E-state index in [1.54, 1.807) is 14.7 Å². The molecule has 27 heteroatoms. The van der Waals surface area contributed by atoms with Crippen LogP contribution in [0.4, 0.5) is 0 Å². The number of unbranched alkanes of at least 4 members (excludes halogenated alkanes) is 3. The molecule has 1 atom stereocenters. The van der Waals surface area contributed by atoms with Crippen molar-refractivity contribution in [2.24, 2.45) is 17.2 Å². The number of rotatable bonds is 46. The van der Waals surface area contributed by atoms with Gasteiger partial charge in [-0.15, -0.1) is 0 Å². The molecule has 0 bridgehead atoms. The van der Waals surface area contributed by atoms with E-state index in [0.717, 1.165) is 87.3 Å². The Labute approximate surface area is 619 Å². The van der Waals surface area contributed by atoms with E-state index in [0.29, 0.717) is 120 Å². The van der Waals surface area contributed by atoms with Crippen LogP contribution in [0.25, 0.3) is 0 Å². The molecule has 3 fully saturated rings. The summed E-state index contributed by atoms with van der Waals surface area (Å²) in [6, 6.07) is 22.7. The molecule has 0 saturated heterocycles. The number of nitrogens with zero attached hydrogens (tertiary/aromatic N) is 8. The third kappa shape index (κ3) is 28.2. The molecule has 9 amide bonds. The number of thioether (sulfide) groups is 1. The molecule has 0 radical (unpaired) electrons. The number of hydrogen-bond donors (Lipinski definition) is 6. The second kappa shape index (κ2) is 46.2. The van der Waals surface area contributed by atoms with E-state index >= 15 is 28.8 Å². The molecule has 3 saturated carbocycles. The Morgan fingerprint density at radius 2 is 0.837 bits per heavy atom. The van der Waals surface area contributed by atoms with Crippen LogP contribution in [0.1, 0.15) is 158 Å². The molecule has 26 nitrogen and oxygen atoms in total. The van der Waals surface area contributed by atoms with Crippen LogP contribution in [0, 0.1) is 0 Å². The second-order valence-corrected chi connectivity index (χ2v) is 29.0. The summed E-state index contributed by atoms with van der Waals surface area (Å²) in [4.78, 5) is 158. The molecule has 574 valence electrons. The monoisotopic (exact) mass is 1460 g/mol. The van der Waals surface area contributed by atoms with Crippen LogP contribution in [-0.4, -0.2) is 258 Å². The molecule has 3 aliphatic carbocycles.